The lowest BCUT2D eigenvalue weighted by molar-refractivity contribution is -0.153. The van der Waals surface area contributed by atoms with E-state index in [2.05, 4.69) is 4.74 Å². The molecule has 1 unspecified atom stereocenters. The second-order valence-corrected chi connectivity index (χ2v) is 3.24. The fraction of sp³-hybridized carbons (Fsp3) is 0.750. The molecule has 0 amide bonds. The second-order valence-electron chi connectivity index (χ2n) is 3.24. The molecule has 11 heavy (non-hydrogen) atoms. The van der Waals surface area contributed by atoms with Crippen LogP contribution in [-0.2, 0) is 14.3 Å². The molecule has 1 aliphatic carbocycles. The van der Waals surface area contributed by atoms with Crippen LogP contribution in [0.1, 0.15) is 25.7 Å². The monoisotopic (exact) mass is 154 g/mol. The van der Waals surface area contributed by atoms with E-state index in [9.17, 15) is 9.59 Å². The number of esters is 2. The van der Waals surface area contributed by atoms with Crippen molar-refractivity contribution in [3.63, 3.8) is 0 Å². The van der Waals surface area contributed by atoms with Gasteiger partial charge < -0.3 is 4.74 Å². The summed E-state index contributed by atoms with van der Waals surface area (Å²) < 4.78 is 4.53. The van der Waals surface area contributed by atoms with Crippen molar-refractivity contribution in [1.82, 2.24) is 0 Å². The van der Waals surface area contributed by atoms with E-state index < -0.39 is 0 Å². The molecule has 0 N–H and O–H groups in total. The molecule has 0 spiro atoms. The minimum Gasteiger partial charge on any atom is -0.393 e. The van der Waals surface area contributed by atoms with Gasteiger partial charge in [0.25, 0.3) is 0 Å². The highest BCUT2D eigenvalue weighted by atomic mass is 16.6. The number of rotatable bonds is 0. The fourth-order valence-corrected chi connectivity index (χ4v) is 1.95. The highest BCUT2D eigenvalue weighted by Gasteiger charge is 2.44. The SMILES string of the molecule is O=C1OC(=O)[C@@H]2CCCCC12. The Hall–Kier alpha value is -0.860. The van der Waals surface area contributed by atoms with E-state index in [0.29, 0.717) is 0 Å². The molecule has 1 heterocycles. The van der Waals surface area contributed by atoms with E-state index in [1.54, 1.807) is 0 Å². The molecule has 0 aromatic carbocycles. The van der Waals surface area contributed by atoms with E-state index in [1.807, 2.05) is 0 Å². The molecule has 1 saturated carbocycles. The standard InChI is InChI=1S/C8H10O3/c9-7-5-3-1-2-4-6(5)8(10)11-7/h5-6H,1-4H2/t5-,6?/m1/s1. The fourth-order valence-electron chi connectivity index (χ4n) is 1.95. The summed E-state index contributed by atoms with van der Waals surface area (Å²) in [7, 11) is 0. The Morgan fingerprint density at radius 1 is 1.00 bits per heavy atom. The maximum absolute atomic E-state index is 11.0. The molecular weight excluding hydrogens is 144 g/mol. The summed E-state index contributed by atoms with van der Waals surface area (Å²) in [6.45, 7) is 0. The average molecular weight is 154 g/mol. The summed E-state index contributed by atoms with van der Waals surface area (Å²) in [5.41, 5.74) is 0. The molecule has 1 saturated heterocycles. The predicted molar refractivity (Wildman–Crippen MR) is 36.5 cm³/mol. The van der Waals surface area contributed by atoms with Crippen molar-refractivity contribution in [3.05, 3.63) is 0 Å². The number of fused-ring (bicyclic) bond motifs is 1. The lowest BCUT2D eigenvalue weighted by atomic mass is 9.81. The lowest BCUT2D eigenvalue weighted by Gasteiger charge is -2.18. The molecule has 0 aromatic heterocycles. The zero-order chi connectivity index (χ0) is 7.84. The number of hydrogen-bond donors (Lipinski definition) is 0. The van der Waals surface area contributed by atoms with Gasteiger partial charge in [-0.15, -0.1) is 0 Å². The molecule has 2 aliphatic rings. The van der Waals surface area contributed by atoms with Crippen molar-refractivity contribution < 1.29 is 14.3 Å². The Balaban J connectivity index is 2.19. The van der Waals surface area contributed by atoms with Gasteiger partial charge in [0.15, 0.2) is 0 Å². The molecule has 3 nitrogen and oxygen atoms in total. The average Bonchev–Trinajstić information content (AvgIpc) is 2.30. The maximum atomic E-state index is 11.0. The number of carbonyl (C=O) groups excluding carboxylic acids is 2. The van der Waals surface area contributed by atoms with Gasteiger partial charge in [0.1, 0.15) is 0 Å². The van der Waals surface area contributed by atoms with Crippen LogP contribution in [0, 0.1) is 11.8 Å². The van der Waals surface area contributed by atoms with Crippen molar-refractivity contribution in [2.75, 3.05) is 0 Å². The van der Waals surface area contributed by atoms with Gasteiger partial charge in [-0.2, -0.15) is 0 Å². The lowest BCUT2D eigenvalue weighted by Crippen LogP contribution is -2.21. The highest BCUT2D eigenvalue weighted by Crippen LogP contribution is 2.36. The Morgan fingerprint density at radius 3 is 1.91 bits per heavy atom. The van der Waals surface area contributed by atoms with Gasteiger partial charge in [0, 0.05) is 0 Å². The van der Waals surface area contributed by atoms with Crippen LogP contribution in [0.4, 0.5) is 0 Å². The summed E-state index contributed by atoms with van der Waals surface area (Å²) in [4.78, 5) is 22.0. The van der Waals surface area contributed by atoms with Crippen molar-refractivity contribution in [2.24, 2.45) is 11.8 Å². The Bertz CT molecular complexity index is 187. The molecule has 0 aromatic rings. The van der Waals surface area contributed by atoms with Gasteiger partial charge in [-0.25, -0.2) is 0 Å². The van der Waals surface area contributed by atoms with Crippen molar-refractivity contribution in [2.45, 2.75) is 25.7 Å². The van der Waals surface area contributed by atoms with Crippen LogP contribution >= 0.6 is 0 Å². The molecule has 0 bridgehead atoms. The quantitative estimate of drug-likeness (QED) is 0.384. The van der Waals surface area contributed by atoms with E-state index in [-0.39, 0.29) is 23.8 Å². The third-order valence-electron chi connectivity index (χ3n) is 2.57. The molecule has 60 valence electrons. The van der Waals surface area contributed by atoms with E-state index in [1.165, 1.54) is 0 Å². The van der Waals surface area contributed by atoms with Crippen LogP contribution < -0.4 is 0 Å². The summed E-state index contributed by atoms with van der Waals surface area (Å²) >= 11 is 0. The molecule has 1 aliphatic heterocycles. The van der Waals surface area contributed by atoms with Crippen LogP contribution in [0.15, 0.2) is 0 Å². The molecule has 2 atom stereocenters. The van der Waals surface area contributed by atoms with Crippen LogP contribution in [0.25, 0.3) is 0 Å². The molecule has 0 radical (unpaired) electrons. The minimum atomic E-state index is -0.292. The third-order valence-corrected chi connectivity index (χ3v) is 2.57. The topological polar surface area (TPSA) is 43.4 Å². The van der Waals surface area contributed by atoms with Gasteiger partial charge in [0.05, 0.1) is 11.8 Å². The van der Waals surface area contributed by atoms with Gasteiger partial charge in [0.2, 0.25) is 0 Å². The Morgan fingerprint density at radius 2 is 1.45 bits per heavy atom. The van der Waals surface area contributed by atoms with E-state index >= 15 is 0 Å². The first kappa shape index (κ1) is 6.83. The molecular formula is C8H10O3. The van der Waals surface area contributed by atoms with Gasteiger partial charge in [-0.1, -0.05) is 12.8 Å². The largest absolute Gasteiger partial charge is 0.393 e. The van der Waals surface area contributed by atoms with Crippen molar-refractivity contribution in [3.8, 4) is 0 Å². The predicted octanol–water partition coefficient (Wildman–Crippen LogP) is 0.876. The van der Waals surface area contributed by atoms with Crippen LogP contribution in [0.3, 0.4) is 0 Å². The zero-order valence-electron chi connectivity index (χ0n) is 6.21. The van der Waals surface area contributed by atoms with Crippen LogP contribution in [-0.4, -0.2) is 11.9 Å². The van der Waals surface area contributed by atoms with Gasteiger partial charge >= 0.3 is 11.9 Å². The molecule has 2 fully saturated rings. The normalized spacial score (nSPS) is 36.7. The van der Waals surface area contributed by atoms with Crippen LogP contribution in [0.5, 0.6) is 0 Å². The molecule has 2 rings (SSSR count). The van der Waals surface area contributed by atoms with E-state index in [4.69, 9.17) is 0 Å². The summed E-state index contributed by atoms with van der Waals surface area (Å²) in [5, 5.41) is 0. The summed E-state index contributed by atoms with van der Waals surface area (Å²) in [6.07, 6.45) is 3.80. The minimum absolute atomic E-state index is 0.101. The summed E-state index contributed by atoms with van der Waals surface area (Å²) in [6, 6.07) is 0. The third kappa shape index (κ3) is 0.951. The second kappa shape index (κ2) is 2.32. The van der Waals surface area contributed by atoms with Crippen molar-refractivity contribution >= 4 is 11.9 Å². The summed E-state index contributed by atoms with van der Waals surface area (Å²) in [5.74, 6) is -0.785. The first-order valence-electron chi connectivity index (χ1n) is 4.04. The smallest absolute Gasteiger partial charge is 0.317 e. The maximum Gasteiger partial charge on any atom is 0.317 e. The zero-order valence-corrected chi connectivity index (χ0v) is 6.21. The van der Waals surface area contributed by atoms with Crippen molar-refractivity contribution in [1.29, 1.82) is 0 Å². The number of hydrogen-bond acceptors (Lipinski definition) is 3. The Kier molecular flexibility index (Phi) is 1.44. The van der Waals surface area contributed by atoms with Gasteiger partial charge in [-0.3, -0.25) is 9.59 Å². The number of ether oxygens (including phenoxy) is 1. The van der Waals surface area contributed by atoms with Crippen LogP contribution in [0.2, 0.25) is 0 Å². The first-order chi connectivity index (χ1) is 5.29. The number of carbonyl (C=O) groups is 2. The number of cyclic esters (lactones) is 2. The molecule has 3 heteroatoms. The Labute approximate surface area is 64.7 Å². The first-order valence-corrected chi connectivity index (χ1v) is 4.04. The highest BCUT2D eigenvalue weighted by molar-refractivity contribution is 5.96. The van der Waals surface area contributed by atoms with Gasteiger partial charge in [-0.05, 0) is 12.8 Å². The van der Waals surface area contributed by atoms with E-state index in [0.717, 1.165) is 25.7 Å².